The highest BCUT2D eigenvalue weighted by atomic mass is 16.5. The van der Waals surface area contributed by atoms with E-state index in [2.05, 4.69) is 24.0 Å². The second-order valence-corrected chi connectivity index (χ2v) is 3.95. The van der Waals surface area contributed by atoms with Crippen molar-refractivity contribution in [2.75, 3.05) is 20.3 Å². The molecule has 16 heavy (non-hydrogen) atoms. The summed E-state index contributed by atoms with van der Waals surface area (Å²) in [7, 11) is 1.64. The molecule has 0 spiro atoms. The number of hydrogen-bond acceptors (Lipinski definition) is 3. The van der Waals surface area contributed by atoms with Crippen LogP contribution in [0.1, 0.15) is 18.9 Å². The first-order chi connectivity index (χ1) is 7.80. The van der Waals surface area contributed by atoms with Gasteiger partial charge in [-0.1, -0.05) is 37.3 Å². The Hall–Kier alpha value is -1.35. The predicted molar refractivity (Wildman–Crippen MR) is 63.7 cm³/mol. The first-order valence-electron chi connectivity index (χ1n) is 5.57. The molecule has 0 amide bonds. The molecule has 86 valence electrons. The van der Waals surface area contributed by atoms with Crippen LogP contribution in [-0.2, 0) is 15.0 Å². The van der Waals surface area contributed by atoms with E-state index >= 15 is 0 Å². The molecular formula is C13H17NO2. The van der Waals surface area contributed by atoms with Crippen molar-refractivity contribution in [2.24, 2.45) is 4.99 Å². The van der Waals surface area contributed by atoms with E-state index in [1.54, 1.807) is 7.11 Å². The minimum atomic E-state index is -0.273. The maximum Gasteiger partial charge on any atom is 0.210 e. The topological polar surface area (TPSA) is 30.8 Å². The van der Waals surface area contributed by atoms with Gasteiger partial charge in [0.05, 0.1) is 13.7 Å². The summed E-state index contributed by atoms with van der Waals surface area (Å²) in [5.41, 5.74) is 0.914. The van der Waals surface area contributed by atoms with Crippen LogP contribution in [0.3, 0.4) is 0 Å². The molecule has 3 nitrogen and oxygen atoms in total. The molecule has 1 aliphatic rings. The van der Waals surface area contributed by atoms with Crippen LogP contribution in [0.25, 0.3) is 0 Å². The zero-order valence-corrected chi connectivity index (χ0v) is 9.77. The van der Waals surface area contributed by atoms with E-state index in [0.29, 0.717) is 19.1 Å². The van der Waals surface area contributed by atoms with Crippen LogP contribution in [-0.4, -0.2) is 26.2 Å². The third-order valence-electron chi connectivity index (χ3n) is 3.04. The van der Waals surface area contributed by atoms with Crippen LogP contribution in [0.15, 0.2) is 35.3 Å². The smallest absolute Gasteiger partial charge is 0.210 e. The molecule has 1 aliphatic heterocycles. The summed E-state index contributed by atoms with van der Waals surface area (Å²) in [5.74, 6) is 0.678. The lowest BCUT2D eigenvalue weighted by Crippen LogP contribution is -2.36. The van der Waals surface area contributed by atoms with Crippen LogP contribution in [0.5, 0.6) is 0 Å². The van der Waals surface area contributed by atoms with Crippen molar-refractivity contribution in [1.29, 1.82) is 0 Å². The molecule has 0 saturated carbocycles. The van der Waals surface area contributed by atoms with Gasteiger partial charge in [-0.2, -0.15) is 0 Å². The average molecular weight is 219 g/mol. The van der Waals surface area contributed by atoms with Crippen molar-refractivity contribution in [2.45, 2.75) is 18.9 Å². The fraction of sp³-hybridized carbons (Fsp3) is 0.462. The largest absolute Gasteiger partial charge is 0.483 e. The Morgan fingerprint density at radius 2 is 2.12 bits per heavy atom. The van der Waals surface area contributed by atoms with Gasteiger partial charge in [0.15, 0.2) is 0 Å². The fourth-order valence-electron chi connectivity index (χ4n) is 2.00. The van der Waals surface area contributed by atoms with Gasteiger partial charge < -0.3 is 9.47 Å². The molecule has 0 bridgehead atoms. The first kappa shape index (κ1) is 11.1. The molecule has 1 unspecified atom stereocenters. The van der Waals surface area contributed by atoms with Gasteiger partial charge in [0.1, 0.15) is 12.1 Å². The molecule has 0 radical (unpaired) electrons. The summed E-state index contributed by atoms with van der Waals surface area (Å²) in [6, 6.07) is 10.3. The fourth-order valence-corrected chi connectivity index (χ4v) is 2.00. The summed E-state index contributed by atoms with van der Waals surface area (Å²) < 4.78 is 10.8. The number of benzene rings is 1. The van der Waals surface area contributed by atoms with Gasteiger partial charge >= 0.3 is 0 Å². The first-order valence-corrected chi connectivity index (χ1v) is 5.57. The summed E-state index contributed by atoms with van der Waals surface area (Å²) in [6.45, 7) is 3.23. The Balaban J connectivity index is 2.40. The molecule has 0 fully saturated rings. The molecular weight excluding hydrogens is 202 g/mol. The van der Waals surface area contributed by atoms with Crippen molar-refractivity contribution in [3.63, 3.8) is 0 Å². The summed E-state index contributed by atoms with van der Waals surface area (Å²) in [4.78, 5) is 4.69. The van der Waals surface area contributed by atoms with E-state index in [1.807, 2.05) is 18.2 Å². The van der Waals surface area contributed by atoms with E-state index in [1.165, 1.54) is 5.56 Å². The zero-order valence-electron chi connectivity index (χ0n) is 9.77. The molecule has 0 saturated heterocycles. The van der Waals surface area contributed by atoms with E-state index < -0.39 is 0 Å². The van der Waals surface area contributed by atoms with Crippen molar-refractivity contribution in [1.82, 2.24) is 0 Å². The number of hydrogen-bond donors (Lipinski definition) is 0. The van der Waals surface area contributed by atoms with Gasteiger partial charge in [-0.05, 0) is 12.0 Å². The minimum absolute atomic E-state index is 0.273. The Morgan fingerprint density at radius 3 is 2.75 bits per heavy atom. The average Bonchev–Trinajstić information content (AvgIpc) is 2.39. The van der Waals surface area contributed by atoms with Gasteiger partial charge in [0, 0.05) is 0 Å². The highest BCUT2D eigenvalue weighted by Crippen LogP contribution is 2.32. The van der Waals surface area contributed by atoms with Crippen molar-refractivity contribution >= 4 is 5.90 Å². The molecule has 0 N–H and O–H groups in total. The summed E-state index contributed by atoms with van der Waals surface area (Å²) in [5, 5.41) is 0. The highest BCUT2D eigenvalue weighted by molar-refractivity contribution is 5.78. The van der Waals surface area contributed by atoms with E-state index in [-0.39, 0.29) is 5.54 Å². The van der Waals surface area contributed by atoms with Crippen molar-refractivity contribution in [3.8, 4) is 0 Å². The summed E-state index contributed by atoms with van der Waals surface area (Å²) >= 11 is 0. The predicted octanol–water partition coefficient (Wildman–Crippen LogP) is 2.37. The van der Waals surface area contributed by atoms with E-state index in [9.17, 15) is 0 Å². The van der Waals surface area contributed by atoms with Gasteiger partial charge in [-0.3, -0.25) is 0 Å². The SMILES string of the molecule is CCC1(c2ccccc2)COCC(OC)=N1. The normalized spacial score (nSPS) is 25.0. The lowest BCUT2D eigenvalue weighted by Gasteiger charge is -2.33. The molecule has 1 aromatic rings. The standard InChI is InChI=1S/C13H17NO2/c1-3-13(11-7-5-4-6-8-11)10-16-9-12(14-13)15-2/h4-8H,3,9-10H2,1-2H3. The van der Waals surface area contributed by atoms with E-state index in [4.69, 9.17) is 9.47 Å². The second-order valence-electron chi connectivity index (χ2n) is 3.95. The lowest BCUT2D eigenvalue weighted by atomic mass is 9.88. The number of aliphatic imine (C=N–C) groups is 1. The number of methoxy groups -OCH3 is 1. The Kier molecular flexibility index (Phi) is 3.25. The molecule has 2 rings (SSSR count). The monoisotopic (exact) mass is 219 g/mol. The lowest BCUT2D eigenvalue weighted by molar-refractivity contribution is 0.0802. The molecule has 0 aliphatic carbocycles. The Labute approximate surface area is 96.1 Å². The van der Waals surface area contributed by atoms with Crippen LogP contribution >= 0.6 is 0 Å². The van der Waals surface area contributed by atoms with Crippen LogP contribution in [0, 0.1) is 0 Å². The van der Waals surface area contributed by atoms with Gasteiger partial charge in [-0.15, -0.1) is 0 Å². The number of ether oxygens (including phenoxy) is 2. The number of nitrogens with zero attached hydrogens (tertiary/aromatic N) is 1. The molecule has 0 aromatic heterocycles. The highest BCUT2D eigenvalue weighted by Gasteiger charge is 2.33. The molecule has 3 heteroatoms. The zero-order chi connectivity index (χ0) is 11.4. The van der Waals surface area contributed by atoms with Gasteiger partial charge in [0.25, 0.3) is 0 Å². The van der Waals surface area contributed by atoms with Crippen LogP contribution < -0.4 is 0 Å². The van der Waals surface area contributed by atoms with E-state index in [0.717, 1.165) is 6.42 Å². The minimum Gasteiger partial charge on any atom is -0.483 e. The third kappa shape index (κ3) is 1.95. The van der Waals surface area contributed by atoms with Crippen molar-refractivity contribution < 1.29 is 9.47 Å². The van der Waals surface area contributed by atoms with Crippen LogP contribution in [0.4, 0.5) is 0 Å². The maximum atomic E-state index is 5.58. The van der Waals surface area contributed by atoms with Crippen molar-refractivity contribution in [3.05, 3.63) is 35.9 Å². The third-order valence-corrected chi connectivity index (χ3v) is 3.04. The quantitative estimate of drug-likeness (QED) is 0.764. The maximum absolute atomic E-state index is 5.58. The molecule has 1 atom stereocenters. The molecule has 1 aromatic carbocycles. The molecule has 1 heterocycles. The number of rotatable bonds is 2. The van der Waals surface area contributed by atoms with Gasteiger partial charge in [-0.25, -0.2) is 4.99 Å². The second kappa shape index (κ2) is 4.66. The Morgan fingerprint density at radius 1 is 1.38 bits per heavy atom. The summed E-state index contributed by atoms with van der Waals surface area (Å²) in [6.07, 6.45) is 0.907. The van der Waals surface area contributed by atoms with Crippen LogP contribution in [0.2, 0.25) is 0 Å². The Bertz CT molecular complexity index is 375. The van der Waals surface area contributed by atoms with Gasteiger partial charge in [0.2, 0.25) is 5.90 Å².